The summed E-state index contributed by atoms with van der Waals surface area (Å²) in [5, 5.41) is 9.93. The van der Waals surface area contributed by atoms with Gasteiger partial charge >= 0.3 is 12.1 Å². The van der Waals surface area contributed by atoms with E-state index in [1.54, 1.807) is 0 Å². The minimum absolute atomic E-state index is 0.0222. The third-order valence-electron chi connectivity index (χ3n) is 2.82. The van der Waals surface area contributed by atoms with E-state index in [0.29, 0.717) is 0 Å². The van der Waals surface area contributed by atoms with E-state index in [1.165, 1.54) is 25.1 Å². The van der Waals surface area contributed by atoms with Crippen LogP contribution in [0.5, 0.6) is 0 Å². The molecule has 4 nitrogen and oxygen atoms in total. The van der Waals surface area contributed by atoms with Gasteiger partial charge in [-0.15, -0.1) is 0 Å². The fraction of sp³-hybridized carbons (Fsp3) is 0.429. The lowest BCUT2D eigenvalue weighted by Crippen LogP contribution is -2.44. The van der Waals surface area contributed by atoms with Crippen LogP contribution in [0.3, 0.4) is 0 Å². The van der Waals surface area contributed by atoms with Crippen molar-refractivity contribution >= 4 is 11.8 Å². The highest BCUT2D eigenvalue weighted by molar-refractivity contribution is 5.96. The Labute approximate surface area is 119 Å². The minimum Gasteiger partial charge on any atom is -0.466 e. The Morgan fingerprint density at radius 2 is 1.76 bits per heavy atom. The van der Waals surface area contributed by atoms with Gasteiger partial charge in [0.25, 0.3) is 0 Å². The highest BCUT2D eigenvalue weighted by atomic mass is 19.4. The number of alkyl halides is 3. The Hall–Kier alpha value is -1.89. The largest absolute Gasteiger partial charge is 0.466 e. The maximum atomic E-state index is 13.1. The van der Waals surface area contributed by atoms with E-state index in [0.717, 1.165) is 12.1 Å². The fourth-order valence-electron chi connectivity index (χ4n) is 1.80. The van der Waals surface area contributed by atoms with Crippen molar-refractivity contribution in [3.63, 3.8) is 0 Å². The molecule has 0 fully saturated rings. The number of ketones is 1. The molecule has 0 aliphatic carbocycles. The number of aliphatic hydroxyl groups is 1. The van der Waals surface area contributed by atoms with Gasteiger partial charge in [-0.1, -0.05) is 30.3 Å². The fourth-order valence-corrected chi connectivity index (χ4v) is 1.80. The zero-order valence-corrected chi connectivity index (χ0v) is 11.3. The minimum atomic E-state index is -5.04. The molecule has 21 heavy (non-hydrogen) atoms. The van der Waals surface area contributed by atoms with Crippen LogP contribution >= 0.6 is 0 Å². The molecule has 0 aliphatic heterocycles. The SMILES string of the molecule is CCOC(=O)CC(=O)C[C@@](O)(c1ccccc1)C(F)(F)F. The third-order valence-corrected chi connectivity index (χ3v) is 2.82. The zero-order chi connectivity index (χ0) is 16.1. The lowest BCUT2D eigenvalue weighted by atomic mass is 9.87. The van der Waals surface area contributed by atoms with Crippen molar-refractivity contribution in [2.24, 2.45) is 0 Å². The van der Waals surface area contributed by atoms with Gasteiger partial charge in [-0.2, -0.15) is 13.2 Å². The summed E-state index contributed by atoms with van der Waals surface area (Å²) in [4.78, 5) is 22.7. The second-order valence-electron chi connectivity index (χ2n) is 4.42. The van der Waals surface area contributed by atoms with Crippen molar-refractivity contribution in [3.05, 3.63) is 35.9 Å². The van der Waals surface area contributed by atoms with Crippen LogP contribution < -0.4 is 0 Å². The maximum absolute atomic E-state index is 13.1. The standard InChI is InChI=1S/C14H15F3O4/c1-2-21-12(19)8-11(18)9-13(20,14(15,16)17)10-6-4-3-5-7-10/h3-7,20H,2,8-9H2,1H3/t13-/m1/s1. The van der Waals surface area contributed by atoms with Gasteiger partial charge in [-0.25, -0.2) is 0 Å². The molecule has 116 valence electrons. The van der Waals surface area contributed by atoms with E-state index >= 15 is 0 Å². The number of carbonyl (C=O) groups excluding carboxylic acids is 2. The quantitative estimate of drug-likeness (QED) is 0.647. The number of Topliss-reactive ketones (excluding diaryl/α,β-unsaturated/α-hetero) is 1. The molecular weight excluding hydrogens is 289 g/mol. The molecule has 1 aromatic rings. The molecule has 0 aromatic heterocycles. The van der Waals surface area contributed by atoms with Crippen LogP contribution in [-0.2, 0) is 19.9 Å². The summed E-state index contributed by atoms with van der Waals surface area (Å²) in [7, 11) is 0. The highest BCUT2D eigenvalue weighted by Crippen LogP contribution is 2.41. The van der Waals surface area contributed by atoms with Crippen LogP contribution in [0.25, 0.3) is 0 Å². The summed E-state index contributed by atoms with van der Waals surface area (Å²) >= 11 is 0. The second kappa shape index (κ2) is 6.71. The summed E-state index contributed by atoms with van der Waals surface area (Å²) in [6.07, 6.45) is -7.09. The first-order chi connectivity index (χ1) is 9.70. The molecule has 0 amide bonds. The van der Waals surface area contributed by atoms with Crippen LogP contribution in [0, 0.1) is 0 Å². The Balaban J connectivity index is 2.96. The van der Waals surface area contributed by atoms with Crippen molar-refractivity contribution in [1.29, 1.82) is 0 Å². The summed E-state index contributed by atoms with van der Waals surface area (Å²) in [6.45, 7) is 1.53. The molecule has 0 heterocycles. The van der Waals surface area contributed by atoms with Crippen molar-refractivity contribution in [2.75, 3.05) is 6.61 Å². The maximum Gasteiger partial charge on any atom is 0.421 e. The van der Waals surface area contributed by atoms with Crippen molar-refractivity contribution in [3.8, 4) is 0 Å². The molecule has 0 saturated heterocycles. The molecule has 7 heteroatoms. The predicted octanol–water partition coefficient (Wildman–Crippen LogP) is 2.35. The molecule has 1 N–H and O–H groups in total. The molecule has 0 saturated carbocycles. The number of benzene rings is 1. The average Bonchev–Trinajstić information content (AvgIpc) is 2.38. The molecule has 1 atom stereocenters. The van der Waals surface area contributed by atoms with Gasteiger partial charge < -0.3 is 9.84 Å². The first-order valence-corrected chi connectivity index (χ1v) is 6.22. The van der Waals surface area contributed by atoms with Crippen molar-refractivity contribution in [1.82, 2.24) is 0 Å². The van der Waals surface area contributed by atoms with E-state index in [-0.39, 0.29) is 6.61 Å². The second-order valence-corrected chi connectivity index (χ2v) is 4.42. The summed E-state index contributed by atoms with van der Waals surface area (Å²) in [6, 6.07) is 6.28. The lowest BCUT2D eigenvalue weighted by molar-refractivity contribution is -0.267. The van der Waals surface area contributed by atoms with Gasteiger partial charge in [-0.3, -0.25) is 9.59 Å². The predicted molar refractivity (Wildman–Crippen MR) is 67.3 cm³/mol. The van der Waals surface area contributed by atoms with Gasteiger partial charge in [-0.05, 0) is 12.5 Å². The average molecular weight is 304 g/mol. The zero-order valence-electron chi connectivity index (χ0n) is 11.3. The number of carbonyl (C=O) groups is 2. The number of hydrogen-bond donors (Lipinski definition) is 1. The van der Waals surface area contributed by atoms with E-state index in [4.69, 9.17) is 0 Å². The number of rotatable bonds is 6. The smallest absolute Gasteiger partial charge is 0.421 e. The van der Waals surface area contributed by atoms with Crippen LogP contribution in [0.15, 0.2) is 30.3 Å². The molecule has 1 rings (SSSR count). The monoisotopic (exact) mass is 304 g/mol. The first-order valence-electron chi connectivity index (χ1n) is 6.22. The molecule has 0 unspecified atom stereocenters. The van der Waals surface area contributed by atoms with Crippen LogP contribution in [0.1, 0.15) is 25.3 Å². The highest BCUT2D eigenvalue weighted by Gasteiger charge is 2.55. The Kier molecular flexibility index (Phi) is 5.48. The molecule has 0 radical (unpaired) electrons. The van der Waals surface area contributed by atoms with Crippen LogP contribution in [0.4, 0.5) is 13.2 Å². The number of ether oxygens (including phenoxy) is 1. The molecule has 1 aromatic carbocycles. The Morgan fingerprint density at radius 3 is 2.24 bits per heavy atom. The van der Waals surface area contributed by atoms with E-state index in [2.05, 4.69) is 4.74 Å². The first kappa shape index (κ1) is 17.2. The van der Waals surface area contributed by atoms with Crippen molar-refractivity contribution in [2.45, 2.75) is 31.5 Å². The summed E-state index contributed by atoms with van der Waals surface area (Å²) in [5.41, 5.74) is -3.77. The van der Waals surface area contributed by atoms with Gasteiger partial charge in [0, 0.05) is 6.42 Å². The van der Waals surface area contributed by atoms with Gasteiger partial charge in [0.1, 0.15) is 12.2 Å². The van der Waals surface area contributed by atoms with Crippen LogP contribution in [-0.4, -0.2) is 29.6 Å². The number of esters is 1. The third kappa shape index (κ3) is 4.29. The topological polar surface area (TPSA) is 63.6 Å². The summed E-state index contributed by atoms with van der Waals surface area (Å²) in [5.74, 6) is -1.96. The Morgan fingerprint density at radius 1 is 1.19 bits per heavy atom. The molecular formula is C14H15F3O4. The van der Waals surface area contributed by atoms with E-state index < -0.39 is 41.9 Å². The summed E-state index contributed by atoms with van der Waals surface area (Å²) < 4.78 is 43.8. The van der Waals surface area contributed by atoms with Crippen molar-refractivity contribution < 1.29 is 32.6 Å². The Bertz CT molecular complexity index is 499. The molecule has 0 bridgehead atoms. The number of halogens is 3. The van der Waals surface area contributed by atoms with Gasteiger partial charge in [0.2, 0.25) is 0 Å². The molecule has 0 aliphatic rings. The number of hydrogen-bond acceptors (Lipinski definition) is 4. The normalized spacial score (nSPS) is 14.3. The van der Waals surface area contributed by atoms with Crippen LogP contribution in [0.2, 0.25) is 0 Å². The lowest BCUT2D eigenvalue weighted by Gasteiger charge is -2.30. The van der Waals surface area contributed by atoms with Gasteiger partial charge in [0.05, 0.1) is 6.61 Å². The van der Waals surface area contributed by atoms with Gasteiger partial charge in [0.15, 0.2) is 5.60 Å². The van der Waals surface area contributed by atoms with E-state index in [1.807, 2.05) is 0 Å². The molecule has 0 spiro atoms. The van der Waals surface area contributed by atoms with E-state index in [9.17, 15) is 27.9 Å².